The Bertz CT molecular complexity index is 951. The van der Waals surface area contributed by atoms with E-state index in [0.29, 0.717) is 24.6 Å². The lowest BCUT2D eigenvalue weighted by Crippen LogP contribution is -2.05. The van der Waals surface area contributed by atoms with Gasteiger partial charge in [-0.05, 0) is 64.0 Å². The van der Waals surface area contributed by atoms with Crippen LogP contribution >= 0.6 is 43.5 Å². The largest absolute Gasteiger partial charge is 0.487 e. The van der Waals surface area contributed by atoms with Gasteiger partial charge < -0.3 is 10.1 Å². The van der Waals surface area contributed by atoms with Gasteiger partial charge >= 0.3 is 0 Å². The Kier molecular flexibility index (Phi) is 6.73. The second kappa shape index (κ2) is 9.04. The van der Waals surface area contributed by atoms with E-state index in [-0.39, 0.29) is 10.8 Å². The summed E-state index contributed by atoms with van der Waals surface area (Å²) in [6.45, 7) is 0.745. The van der Waals surface area contributed by atoms with E-state index in [2.05, 4.69) is 37.2 Å². The minimum absolute atomic E-state index is 0.0585. The molecule has 3 aromatic carbocycles. The summed E-state index contributed by atoms with van der Waals surface area (Å²) in [5, 5.41) is 3.27. The van der Waals surface area contributed by atoms with Crippen LogP contribution in [-0.2, 0) is 13.2 Å². The summed E-state index contributed by atoms with van der Waals surface area (Å²) in [5.41, 5.74) is 2.44. The molecule has 3 rings (SSSR count). The molecule has 0 aliphatic rings. The number of nitrogens with one attached hydrogen (secondary N) is 1. The van der Waals surface area contributed by atoms with Crippen molar-refractivity contribution in [3.8, 4) is 5.75 Å². The van der Waals surface area contributed by atoms with Crippen molar-refractivity contribution in [2.45, 2.75) is 13.2 Å². The monoisotopic (exact) mass is 515 g/mol. The fourth-order valence-electron chi connectivity index (χ4n) is 2.45. The summed E-state index contributed by atoms with van der Waals surface area (Å²) in [6, 6.07) is 14.4. The van der Waals surface area contributed by atoms with E-state index in [4.69, 9.17) is 16.3 Å². The fourth-order valence-corrected chi connectivity index (χ4v) is 4.05. The molecule has 0 spiro atoms. The van der Waals surface area contributed by atoms with Crippen LogP contribution in [0.3, 0.4) is 0 Å². The van der Waals surface area contributed by atoms with E-state index >= 15 is 0 Å². The van der Waals surface area contributed by atoms with Gasteiger partial charge in [0.15, 0.2) is 0 Å². The second-order valence-electron chi connectivity index (χ2n) is 5.77. The van der Waals surface area contributed by atoms with E-state index in [0.717, 1.165) is 20.1 Å². The second-order valence-corrected chi connectivity index (χ2v) is 7.95. The Hall–Kier alpha value is -1.63. The number of rotatable bonds is 6. The van der Waals surface area contributed by atoms with Gasteiger partial charge in [0.25, 0.3) is 0 Å². The summed E-state index contributed by atoms with van der Waals surface area (Å²) in [7, 11) is 0. The standard InChI is InChI=1S/C20H14Br2ClF2NO/c21-14-7-13(10-26-16-5-6-19(25)18(23)9-16)20(17(22)8-14)27-11-12-1-3-15(24)4-2-12/h1-9,26H,10-11H2. The Morgan fingerprint density at radius 2 is 1.70 bits per heavy atom. The maximum Gasteiger partial charge on any atom is 0.141 e. The van der Waals surface area contributed by atoms with Crippen LogP contribution in [0.1, 0.15) is 11.1 Å². The van der Waals surface area contributed by atoms with E-state index < -0.39 is 5.82 Å². The highest BCUT2D eigenvalue weighted by molar-refractivity contribution is 9.11. The van der Waals surface area contributed by atoms with Gasteiger partial charge in [0.2, 0.25) is 0 Å². The molecule has 0 amide bonds. The SMILES string of the molecule is Fc1ccc(COc2c(Br)cc(Br)cc2CNc2ccc(F)c(Cl)c2)cc1. The third-order valence-electron chi connectivity index (χ3n) is 3.78. The predicted octanol–water partition coefficient (Wildman–Crippen LogP) is 7.33. The molecule has 3 aromatic rings. The molecule has 0 aliphatic heterocycles. The van der Waals surface area contributed by atoms with Gasteiger partial charge in [-0.1, -0.05) is 39.7 Å². The Balaban J connectivity index is 1.77. The summed E-state index contributed by atoms with van der Waals surface area (Å²) < 4.78 is 34.0. The smallest absolute Gasteiger partial charge is 0.141 e. The number of anilines is 1. The first-order valence-corrected chi connectivity index (χ1v) is 9.93. The summed E-state index contributed by atoms with van der Waals surface area (Å²) in [6.07, 6.45) is 0. The molecular weight excluding hydrogens is 503 g/mol. The van der Waals surface area contributed by atoms with Gasteiger partial charge in [0, 0.05) is 22.3 Å². The van der Waals surface area contributed by atoms with Crippen molar-refractivity contribution in [3.63, 3.8) is 0 Å². The van der Waals surface area contributed by atoms with Crippen LogP contribution in [0.2, 0.25) is 5.02 Å². The highest BCUT2D eigenvalue weighted by atomic mass is 79.9. The molecule has 0 saturated heterocycles. The van der Waals surface area contributed by atoms with Crippen LogP contribution in [0, 0.1) is 11.6 Å². The molecule has 0 heterocycles. The van der Waals surface area contributed by atoms with Gasteiger partial charge in [0.1, 0.15) is 24.0 Å². The molecule has 27 heavy (non-hydrogen) atoms. The molecule has 2 nitrogen and oxygen atoms in total. The molecule has 0 atom stereocenters. The third-order valence-corrected chi connectivity index (χ3v) is 5.12. The van der Waals surface area contributed by atoms with E-state index in [1.165, 1.54) is 24.3 Å². The van der Waals surface area contributed by atoms with Gasteiger partial charge in [-0.25, -0.2) is 8.78 Å². The molecule has 7 heteroatoms. The predicted molar refractivity (Wildman–Crippen MR) is 111 cm³/mol. The molecule has 0 saturated carbocycles. The molecule has 0 unspecified atom stereocenters. The zero-order valence-electron chi connectivity index (χ0n) is 13.9. The van der Waals surface area contributed by atoms with Gasteiger partial charge in [-0.3, -0.25) is 0 Å². The highest BCUT2D eigenvalue weighted by Crippen LogP contribution is 2.34. The molecule has 0 bridgehead atoms. The average Bonchev–Trinajstić information content (AvgIpc) is 2.63. The third kappa shape index (κ3) is 5.43. The van der Waals surface area contributed by atoms with Crippen LogP contribution in [0.5, 0.6) is 5.75 Å². The van der Waals surface area contributed by atoms with Crippen molar-refractivity contribution >= 4 is 49.1 Å². The van der Waals surface area contributed by atoms with Gasteiger partial charge in [-0.15, -0.1) is 0 Å². The molecule has 0 aliphatic carbocycles. The lowest BCUT2D eigenvalue weighted by Gasteiger charge is -2.16. The van der Waals surface area contributed by atoms with Crippen molar-refractivity contribution in [1.29, 1.82) is 0 Å². The Morgan fingerprint density at radius 3 is 2.41 bits per heavy atom. The van der Waals surface area contributed by atoms with Crippen LogP contribution < -0.4 is 10.1 Å². The van der Waals surface area contributed by atoms with Crippen molar-refractivity contribution in [3.05, 3.63) is 91.3 Å². The number of halogens is 5. The summed E-state index contributed by atoms with van der Waals surface area (Å²) in [4.78, 5) is 0. The van der Waals surface area contributed by atoms with Crippen LogP contribution in [-0.4, -0.2) is 0 Å². The molecule has 140 valence electrons. The maximum absolute atomic E-state index is 13.3. The van der Waals surface area contributed by atoms with Crippen molar-refractivity contribution < 1.29 is 13.5 Å². The molecule has 0 radical (unpaired) electrons. The van der Waals surface area contributed by atoms with E-state index in [1.807, 2.05) is 12.1 Å². The first-order valence-electron chi connectivity index (χ1n) is 7.96. The quantitative estimate of drug-likeness (QED) is 0.370. The highest BCUT2D eigenvalue weighted by Gasteiger charge is 2.11. The number of ether oxygens (including phenoxy) is 1. The molecule has 0 fully saturated rings. The van der Waals surface area contributed by atoms with E-state index in [9.17, 15) is 8.78 Å². The zero-order valence-corrected chi connectivity index (χ0v) is 17.8. The molecular formula is C20H14Br2ClF2NO. The van der Waals surface area contributed by atoms with Gasteiger partial charge in [-0.2, -0.15) is 0 Å². The normalized spacial score (nSPS) is 10.7. The Labute approximate surface area is 177 Å². The number of hydrogen-bond donors (Lipinski definition) is 1. The topological polar surface area (TPSA) is 21.3 Å². The molecule has 1 N–H and O–H groups in total. The van der Waals surface area contributed by atoms with Crippen LogP contribution in [0.4, 0.5) is 14.5 Å². The summed E-state index contributed by atoms with van der Waals surface area (Å²) >= 11 is 12.8. The maximum atomic E-state index is 13.3. The van der Waals surface area contributed by atoms with Crippen LogP contribution in [0.25, 0.3) is 0 Å². The van der Waals surface area contributed by atoms with Crippen LogP contribution in [0.15, 0.2) is 63.5 Å². The van der Waals surface area contributed by atoms with Crippen molar-refractivity contribution in [2.75, 3.05) is 5.32 Å². The van der Waals surface area contributed by atoms with Crippen molar-refractivity contribution in [2.24, 2.45) is 0 Å². The lowest BCUT2D eigenvalue weighted by molar-refractivity contribution is 0.301. The lowest BCUT2D eigenvalue weighted by atomic mass is 10.2. The summed E-state index contributed by atoms with van der Waals surface area (Å²) in [5.74, 6) is -0.0783. The fraction of sp³-hybridized carbons (Fsp3) is 0.100. The minimum atomic E-state index is -0.462. The van der Waals surface area contributed by atoms with Gasteiger partial charge in [0.05, 0.1) is 9.50 Å². The van der Waals surface area contributed by atoms with E-state index in [1.54, 1.807) is 18.2 Å². The minimum Gasteiger partial charge on any atom is -0.487 e. The number of benzene rings is 3. The Morgan fingerprint density at radius 1 is 0.963 bits per heavy atom. The first kappa shape index (κ1) is 20.1. The number of hydrogen-bond acceptors (Lipinski definition) is 2. The average molecular weight is 518 g/mol. The zero-order chi connectivity index (χ0) is 19.4. The first-order chi connectivity index (χ1) is 12.9. The molecule has 0 aromatic heterocycles. The van der Waals surface area contributed by atoms with Crippen molar-refractivity contribution in [1.82, 2.24) is 0 Å².